The Morgan fingerprint density at radius 3 is 2.46 bits per heavy atom. The fraction of sp³-hybridized carbons (Fsp3) is 0.333. The van der Waals surface area contributed by atoms with Gasteiger partial charge in [0.25, 0.3) is 0 Å². The second kappa shape index (κ2) is 6.30. The minimum atomic E-state index is 1.14. The van der Waals surface area contributed by atoms with Crippen LogP contribution in [0.1, 0.15) is 39.0 Å². The Balaban J connectivity index is 0.000000671. The van der Waals surface area contributed by atoms with E-state index < -0.39 is 0 Å². The van der Waals surface area contributed by atoms with E-state index in [9.17, 15) is 0 Å². The SMILES string of the molecule is C=Cc1cc[nH]c1C=C(C)C.CC. The number of H-pyrrole nitrogens is 1. The Kier molecular flexibility index (Phi) is 5.69. The van der Waals surface area contributed by atoms with Gasteiger partial charge in [0, 0.05) is 11.9 Å². The van der Waals surface area contributed by atoms with Crippen LogP contribution in [-0.2, 0) is 0 Å². The molecule has 13 heavy (non-hydrogen) atoms. The molecule has 0 aliphatic rings. The van der Waals surface area contributed by atoms with E-state index in [0.717, 1.165) is 11.3 Å². The summed E-state index contributed by atoms with van der Waals surface area (Å²) >= 11 is 0. The Labute approximate surface area is 81.2 Å². The maximum Gasteiger partial charge on any atom is 0.0453 e. The van der Waals surface area contributed by atoms with Crippen molar-refractivity contribution in [1.29, 1.82) is 0 Å². The normalized spacial score (nSPS) is 8.31. The van der Waals surface area contributed by atoms with Crippen molar-refractivity contribution in [2.24, 2.45) is 0 Å². The van der Waals surface area contributed by atoms with Crippen LogP contribution in [0, 0.1) is 0 Å². The van der Waals surface area contributed by atoms with Crippen molar-refractivity contribution in [3.05, 3.63) is 35.7 Å². The fourth-order valence-corrected chi connectivity index (χ4v) is 0.986. The molecule has 0 aliphatic heterocycles. The first-order valence-corrected chi connectivity index (χ1v) is 4.68. The molecule has 0 aliphatic carbocycles. The molecule has 1 rings (SSSR count). The maximum absolute atomic E-state index is 3.72. The summed E-state index contributed by atoms with van der Waals surface area (Å²) in [4.78, 5) is 3.14. The molecule has 0 aromatic carbocycles. The molecule has 0 radical (unpaired) electrons. The van der Waals surface area contributed by atoms with Gasteiger partial charge in [-0.15, -0.1) is 0 Å². The van der Waals surface area contributed by atoms with E-state index in [2.05, 4.69) is 31.5 Å². The van der Waals surface area contributed by atoms with E-state index >= 15 is 0 Å². The predicted octanol–water partition coefficient (Wildman–Crippen LogP) is 4.11. The van der Waals surface area contributed by atoms with Gasteiger partial charge in [0.05, 0.1) is 0 Å². The van der Waals surface area contributed by atoms with Crippen molar-refractivity contribution >= 4 is 12.2 Å². The number of aromatic nitrogens is 1. The fourth-order valence-electron chi connectivity index (χ4n) is 0.986. The van der Waals surface area contributed by atoms with Crippen LogP contribution in [0.3, 0.4) is 0 Å². The van der Waals surface area contributed by atoms with Crippen molar-refractivity contribution in [3.8, 4) is 0 Å². The highest BCUT2D eigenvalue weighted by molar-refractivity contribution is 5.62. The van der Waals surface area contributed by atoms with E-state index in [0.29, 0.717) is 0 Å². The van der Waals surface area contributed by atoms with Gasteiger partial charge in [-0.3, -0.25) is 0 Å². The molecule has 0 fully saturated rings. The molecule has 0 bridgehead atoms. The molecule has 0 unspecified atom stereocenters. The zero-order chi connectivity index (χ0) is 10.3. The quantitative estimate of drug-likeness (QED) is 0.699. The first-order valence-electron chi connectivity index (χ1n) is 4.68. The lowest BCUT2D eigenvalue weighted by Crippen LogP contribution is -1.75. The third kappa shape index (κ3) is 3.79. The van der Waals surface area contributed by atoms with Gasteiger partial charge in [-0.1, -0.05) is 32.1 Å². The van der Waals surface area contributed by atoms with Crippen molar-refractivity contribution in [2.75, 3.05) is 0 Å². The summed E-state index contributed by atoms with van der Waals surface area (Å²) in [5.41, 5.74) is 3.58. The number of rotatable bonds is 2. The van der Waals surface area contributed by atoms with Crippen LogP contribution in [0.4, 0.5) is 0 Å². The van der Waals surface area contributed by atoms with Gasteiger partial charge in [0.2, 0.25) is 0 Å². The molecule has 1 N–H and O–H groups in total. The van der Waals surface area contributed by atoms with Crippen molar-refractivity contribution in [1.82, 2.24) is 4.98 Å². The third-order valence-corrected chi connectivity index (χ3v) is 1.47. The smallest absolute Gasteiger partial charge is 0.0453 e. The van der Waals surface area contributed by atoms with E-state index in [1.54, 1.807) is 0 Å². The van der Waals surface area contributed by atoms with Crippen molar-refractivity contribution in [2.45, 2.75) is 27.7 Å². The Hall–Kier alpha value is -1.24. The Bertz CT molecular complexity index is 275. The standard InChI is InChI=1S/C10H13N.C2H6/c1-4-9-5-6-11-10(9)7-8(2)3;1-2/h4-7,11H,1H2,2-3H3;1-2H3. The summed E-state index contributed by atoms with van der Waals surface area (Å²) in [6.45, 7) is 11.9. The number of hydrogen-bond donors (Lipinski definition) is 1. The van der Waals surface area contributed by atoms with Crippen molar-refractivity contribution in [3.63, 3.8) is 0 Å². The van der Waals surface area contributed by atoms with Gasteiger partial charge in [0.15, 0.2) is 0 Å². The maximum atomic E-state index is 3.72. The van der Waals surface area contributed by atoms with E-state index in [1.807, 2.05) is 32.2 Å². The number of nitrogens with one attached hydrogen (secondary N) is 1. The van der Waals surface area contributed by atoms with Crippen LogP contribution in [0.2, 0.25) is 0 Å². The lowest BCUT2D eigenvalue weighted by Gasteiger charge is -1.92. The van der Waals surface area contributed by atoms with Gasteiger partial charge >= 0.3 is 0 Å². The topological polar surface area (TPSA) is 15.8 Å². The van der Waals surface area contributed by atoms with Crippen LogP contribution in [0.25, 0.3) is 12.2 Å². The van der Waals surface area contributed by atoms with Gasteiger partial charge in [-0.05, 0) is 31.6 Å². The molecule has 1 aromatic heterocycles. The van der Waals surface area contributed by atoms with Gasteiger partial charge < -0.3 is 4.98 Å². The van der Waals surface area contributed by atoms with Gasteiger partial charge in [-0.2, -0.15) is 0 Å². The summed E-state index contributed by atoms with van der Waals surface area (Å²) in [7, 11) is 0. The number of allylic oxidation sites excluding steroid dienone is 1. The molecule has 72 valence electrons. The third-order valence-electron chi connectivity index (χ3n) is 1.47. The minimum absolute atomic E-state index is 1.14. The number of aromatic amines is 1. The zero-order valence-electron chi connectivity index (χ0n) is 9.02. The molecular formula is C12H19N. The summed E-state index contributed by atoms with van der Waals surface area (Å²) in [5, 5.41) is 0. The summed E-state index contributed by atoms with van der Waals surface area (Å²) in [5.74, 6) is 0. The predicted molar refractivity (Wildman–Crippen MR) is 61.6 cm³/mol. The summed E-state index contributed by atoms with van der Waals surface area (Å²) < 4.78 is 0. The highest BCUT2D eigenvalue weighted by atomic mass is 14.7. The minimum Gasteiger partial charge on any atom is -0.361 e. The molecule has 0 amide bonds. The Morgan fingerprint density at radius 2 is 2.00 bits per heavy atom. The van der Waals surface area contributed by atoms with Crippen LogP contribution in [0.15, 0.2) is 24.4 Å². The van der Waals surface area contributed by atoms with Gasteiger partial charge in [-0.25, -0.2) is 0 Å². The molecule has 0 atom stereocenters. The second-order valence-electron chi connectivity index (χ2n) is 2.77. The first kappa shape index (κ1) is 11.8. The average Bonchev–Trinajstić information content (AvgIpc) is 2.54. The lowest BCUT2D eigenvalue weighted by molar-refractivity contribution is 1.34. The lowest BCUT2D eigenvalue weighted by atomic mass is 10.2. The number of hydrogen-bond acceptors (Lipinski definition) is 0. The van der Waals surface area contributed by atoms with Crippen LogP contribution in [0.5, 0.6) is 0 Å². The van der Waals surface area contributed by atoms with Gasteiger partial charge in [0.1, 0.15) is 0 Å². The summed E-state index contributed by atoms with van der Waals surface area (Å²) in [6, 6.07) is 2.02. The van der Waals surface area contributed by atoms with E-state index in [-0.39, 0.29) is 0 Å². The molecule has 1 nitrogen and oxygen atoms in total. The van der Waals surface area contributed by atoms with E-state index in [4.69, 9.17) is 0 Å². The van der Waals surface area contributed by atoms with Crippen LogP contribution < -0.4 is 0 Å². The molecule has 1 aromatic rings. The molecule has 1 heterocycles. The molecule has 0 spiro atoms. The average molecular weight is 177 g/mol. The highest BCUT2D eigenvalue weighted by Gasteiger charge is 1.94. The zero-order valence-corrected chi connectivity index (χ0v) is 9.02. The first-order chi connectivity index (χ1) is 6.24. The second-order valence-corrected chi connectivity index (χ2v) is 2.77. The summed E-state index contributed by atoms with van der Waals surface area (Å²) in [6.07, 6.45) is 5.88. The Morgan fingerprint density at radius 1 is 1.38 bits per heavy atom. The van der Waals surface area contributed by atoms with Crippen molar-refractivity contribution < 1.29 is 0 Å². The molecule has 1 heteroatoms. The molecular weight excluding hydrogens is 158 g/mol. The van der Waals surface area contributed by atoms with E-state index in [1.165, 1.54) is 5.57 Å². The largest absolute Gasteiger partial charge is 0.361 e. The molecule has 0 saturated carbocycles. The van der Waals surface area contributed by atoms with Crippen LogP contribution in [-0.4, -0.2) is 4.98 Å². The highest BCUT2D eigenvalue weighted by Crippen LogP contribution is 2.11. The monoisotopic (exact) mass is 177 g/mol. The molecule has 0 saturated heterocycles. The van der Waals surface area contributed by atoms with Crippen LogP contribution >= 0.6 is 0 Å².